The molecule has 1 saturated carbocycles. The molecule has 4 heterocycles. The SMILES string of the molecule is CC(C)CC[C@H](c1ccc(C(=O)NCC2=NNNN2)cc1)N1C(=O)C(N2CCn3c(nnc3C(F)(F)F)C2)=NC12CCC(C(C)(C)C)CC2. The molecule has 1 aromatic heterocycles. The first-order chi connectivity index (χ1) is 23.2. The molecule has 1 atom stereocenters. The van der Waals surface area contributed by atoms with Crippen molar-refractivity contribution in [2.24, 2.45) is 27.3 Å². The predicted molar refractivity (Wildman–Crippen MR) is 176 cm³/mol. The minimum atomic E-state index is -4.61. The Labute approximate surface area is 284 Å². The van der Waals surface area contributed by atoms with Crippen molar-refractivity contribution in [1.29, 1.82) is 0 Å². The average molecular weight is 686 g/mol. The van der Waals surface area contributed by atoms with E-state index in [-0.39, 0.29) is 61.1 Å². The Morgan fingerprint density at radius 1 is 1.06 bits per heavy atom. The van der Waals surface area contributed by atoms with Gasteiger partial charge in [0.1, 0.15) is 5.66 Å². The normalized spacial score (nSPS) is 23.3. The van der Waals surface area contributed by atoms with Gasteiger partial charge in [0, 0.05) is 18.7 Å². The zero-order valence-corrected chi connectivity index (χ0v) is 28.7. The summed E-state index contributed by atoms with van der Waals surface area (Å²) in [5.74, 6) is 0.321. The molecule has 6 rings (SSSR count). The molecule has 1 fully saturated rings. The molecule has 4 aliphatic rings. The quantitative estimate of drug-likeness (QED) is 0.325. The molecule has 2 amide bonds. The lowest BCUT2D eigenvalue weighted by Gasteiger charge is -2.47. The number of benzene rings is 1. The van der Waals surface area contributed by atoms with Crippen LogP contribution in [0.3, 0.4) is 0 Å². The highest BCUT2D eigenvalue weighted by atomic mass is 19.4. The summed E-state index contributed by atoms with van der Waals surface area (Å²) in [6, 6.07) is 7.05. The van der Waals surface area contributed by atoms with Crippen LogP contribution >= 0.6 is 0 Å². The number of hydrazine groups is 2. The second-order valence-corrected chi connectivity index (χ2v) is 15.0. The molecule has 13 nitrogen and oxygen atoms in total. The topological polar surface area (TPSA) is 144 Å². The van der Waals surface area contributed by atoms with Gasteiger partial charge in [-0.25, -0.2) is 10.5 Å². The molecule has 0 radical (unpaired) electrons. The number of nitrogens with one attached hydrogen (secondary N) is 4. The number of aromatic nitrogens is 3. The van der Waals surface area contributed by atoms with Crippen molar-refractivity contribution in [1.82, 2.24) is 46.4 Å². The van der Waals surface area contributed by atoms with Crippen molar-refractivity contribution >= 4 is 23.5 Å². The second kappa shape index (κ2) is 13.2. The maximum atomic E-state index is 14.7. The molecule has 0 unspecified atom stereocenters. The summed E-state index contributed by atoms with van der Waals surface area (Å²) in [5.41, 5.74) is 8.68. The van der Waals surface area contributed by atoms with Crippen LogP contribution in [0.2, 0.25) is 0 Å². The molecule has 0 bridgehead atoms. The number of hydrogen-bond donors (Lipinski definition) is 4. The second-order valence-electron chi connectivity index (χ2n) is 15.0. The molecular weight excluding hydrogens is 639 g/mol. The number of hydrazone groups is 1. The van der Waals surface area contributed by atoms with Gasteiger partial charge in [0.15, 0.2) is 17.5 Å². The van der Waals surface area contributed by atoms with E-state index in [4.69, 9.17) is 4.99 Å². The van der Waals surface area contributed by atoms with Crippen molar-refractivity contribution in [2.45, 2.75) is 104 Å². The monoisotopic (exact) mass is 685 g/mol. The van der Waals surface area contributed by atoms with Crippen LogP contribution in [0.25, 0.3) is 0 Å². The largest absolute Gasteiger partial charge is 0.451 e. The Morgan fingerprint density at radius 3 is 2.39 bits per heavy atom. The lowest BCUT2D eigenvalue weighted by Crippen LogP contribution is -2.52. The first-order valence-corrected chi connectivity index (χ1v) is 17.0. The van der Waals surface area contributed by atoms with Gasteiger partial charge >= 0.3 is 6.18 Å². The smallest absolute Gasteiger partial charge is 0.345 e. The molecule has 16 heteroatoms. The summed E-state index contributed by atoms with van der Waals surface area (Å²) in [6.07, 6.45) is 0.105. The number of carbonyl (C=O) groups excluding carboxylic acids is 2. The van der Waals surface area contributed by atoms with Gasteiger partial charge in [-0.2, -0.15) is 13.2 Å². The first kappa shape index (κ1) is 34.6. The third kappa shape index (κ3) is 7.10. The molecule has 2 aromatic rings. The van der Waals surface area contributed by atoms with Crippen molar-refractivity contribution in [3.63, 3.8) is 0 Å². The minimum absolute atomic E-state index is 0.000682. The van der Waals surface area contributed by atoms with Crippen molar-refractivity contribution < 1.29 is 22.8 Å². The lowest BCUT2D eigenvalue weighted by molar-refractivity contribution is -0.148. The van der Waals surface area contributed by atoms with E-state index in [1.165, 1.54) is 0 Å². The zero-order chi connectivity index (χ0) is 35.1. The molecule has 266 valence electrons. The summed E-state index contributed by atoms with van der Waals surface area (Å²) in [4.78, 5) is 36.6. The number of fused-ring (bicyclic) bond motifs is 1. The third-order valence-corrected chi connectivity index (χ3v) is 10.2. The Bertz CT molecular complexity index is 1600. The van der Waals surface area contributed by atoms with Crippen LogP contribution in [0.15, 0.2) is 34.4 Å². The van der Waals surface area contributed by atoms with Gasteiger partial charge in [-0.15, -0.1) is 20.8 Å². The number of rotatable bonds is 8. The van der Waals surface area contributed by atoms with E-state index in [1.807, 2.05) is 17.0 Å². The number of halogens is 3. The maximum absolute atomic E-state index is 14.7. The predicted octanol–water partition coefficient (Wildman–Crippen LogP) is 4.12. The van der Waals surface area contributed by atoms with Crippen LogP contribution in [0.4, 0.5) is 13.2 Å². The summed E-state index contributed by atoms with van der Waals surface area (Å²) >= 11 is 0. The standard InChI is InChI=1S/C33H46F3N11O2/c1-20(2)6-11-24(21-7-9-22(10-8-21)28(48)37-18-25-39-43-44-40-25)47-29(49)27(38-32(47)14-12-23(13-15-32)31(3,4)5)45-16-17-46-26(19-45)41-42-30(46)33(34,35)36/h7-10,20,23-24,43-44H,6,11-19H2,1-5H3,(H,37,48)(H,39,40)/t23?,24-,32?/m1/s1. The molecule has 3 aliphatic heterocycles. The van der Waals surface area contributed by atoms with E-state index in [9.17, 15) is 22.8 Å². The van der Waals surface area contributed by atoms with Crippen LogP contribution in [-0.4, -0.2) is 66.8 Å². The summed E-state index contributed by atoms with van der Waals surface area (Å²) < 4.78 is 41.8. The number of aliphatic imine (C=N–C) groups is 1. The van der Waals surface area contributed by atoms with Gasteiger partial charge in [0.25, 0.3) is 11.8 Å². The highest BCUT2D eigenvalue weighted by Crippen LogP contribution is 2.50. The fourth-order valence-electron chi connectivity index (χ4n) is 7.45. The van der Waals surface area contributed by atoms with E-state index in [0.717, 1.165) is 29.4 Å². The lowest BCUT2D eigenvalue weighted by atomic mass is 9.69. The number of amidine groups is 2. The Hall–Kier alpha value is -4.21. The molecule has 1 aliphatic carbocycles. The van der Waals surface area contributed by atoms with Crippen molar-refractivity contribution in [3.05, 3.63) is 47.0 Å². The Balaban J connectivity index is 1.30. The zero-order valence-electron chi connectivity index (χ0n) is 28.7. The summed E-state index contributed by atoms with van der Waals surface area (Å²) in [7, 11) is 0. The molecule has 1 aromatic carbocycles. The molecule has 49 heavy (non-hydrogen) atoms. The highest BCUT2D eigenvalue weighted by Gasteiger charge is 2.54. The van der Waals surface area contributed by atoms with Gasteiger partial charge in [-0.05, 0) is 73.5 Å². The Morgan fingerprint density at radius 2 is 1.78 bits per heavy atom. The van der Waals surface area contributed by atoms with Gasteiger partial charge in [0.05, 0.1) is 19.1 Å². The van der Waals surface area contributed by atoms with Crippen LogP contribution < -0.4 is 21.8 Å². The van der Waals surface area contributed by atoms with E-state index < -0.39 is 17.7 Å². The van der Waals surface area contributed by atoms with E-state index in [0.29, 0.717) is 42.5 Å². The summed E-state index contributed by atoms with van der Waals surface area (Å²) in [5, 5.41) is 14.1. The van der Waals surface area contributed by atoms with Gasteiger partial charge in [-0.3, -0.25) is 15.0 Å². The van der Waals surface area contributed by atoms with Gasteiger partial charge < -0.3 is 19.7 Å². The maximum Gasteiger partial charge on any atom is 0.451 e. The van der Waals surface area contributed by atoms with Crippen molar-refractivity contribution in [2.75, 3.05) is 13.1 Å². The first-order valence-electron chi connectivity index (χ1n) is 17.0. The highest BCUT2D eigenvalue weighted by molar-refractivity contribution is 6.39. The number of nitrogens with zero attached hydrogens (tertiary/aromatic N) is 7. The fraction of sp³-hybridized carbons (Fsp3) is 0.636. The van der Waals surface area contributed by atoms with Crippen LogP contribution in [-0.2, 0) is 24.1 Å². The number of hydrogen-bond acceptors (Lipinski definition) is 10. The molecule has 1 spiro atoms. The molecule has 0 saturated heterocycles. The Kier molecular flexibility index (Phi) is 9.37. The minimum Gasteiger partial charge on any atom is -0.345 e. The van der Waals surface area contributed by atoms with Gasteiger partial charge in [0.2, 0.25) is 5.82 Å². The number of alkyl halides is 3. The van der Waals surface area contributed by atoms with Crippen molar-refractivity contribution in [3.8, 4) is 0 Å². The average Bonchev–Trinajstić information content (AvgIpc) is 3.79. The number of carbonyl (C=O) groups is 2. The van der Waals surface area contributed by atoms with E-state index in [1.54, 1.807) is 17.0 Å². The van der Waals surface area contributed by atoms with E-state index in [2.05, 4.69) is 71.7 Å². The van der Waals surface area contributed by atoms with Crippen LogP contribution in [0.1, 0.15) is 107 Å². The fourth-order valence-corrected chi connectivity index (χ4v) is 7.45. The summed E-state index contributed by atoms with van der Waals surface area (Å²) in [6.45, 7) is 11.4. The van der Waals surface area contributed by atoms with Gasteiger partial charge in [-0.1, -0.05) is 46.8 Å². The third-order valence-electron chi connectivity index (χ3n) is 10.2. The molecule has 4 N–H and O–H groups in total. The van der Waals surface area contributed by atoms with E-state index >= 15 is 0 Å². The number of amides is 2. The van der Waals surface area contributed by atoms with Crippen LogP contribution in [0, 0.1) is 17.3 Å². The van der Waals surface area contributed by atoms with Crippen LogP contribution in [0.5, 0.6) is 0 Å². The molecular formula is C33H46F3N11O2.